The largest absolute Gasteiger partial charge is 0.478 e. The van der Waals surface area contributed by atoms with E-state index in [1.165, 1.54) is 18.2 Å². The van der Waals surface area contributed by atoms with Crippen molar-refractivity contribution in [2.75, 3.05) is 4.72 Å². The highest BCUT2D eigenvalue weighted by molar-refractivity contribution is 7.92. The summed E-state index contributed by atoms with van der Waals surface area (Å²) >= 11 is 4.70. The molecule has 6 nitrogen and oxygen atoms in total. The monoisotopic (exact) mass is 478 g/mol. The van der Waals surface area contributed by atoms with Gasteiger partial charge in [-0.05, 0) is 53.9 Å². The van der Waals surface area contributed by atoms with E-state index >= 15 is 0 Å². The van der Waals surface area contributed by atoms with Crippen LogP contribution in [-0.2, 0) is 16.4 Å². The number of benzene rings is 3. The van der Waals surface area contributed by atoms with Crippen molar-refractivity contribution in [1.82, 2.24) is 4.98 Å². The molecule has 3 aromatic carbocycles. The lowest BCUT2D eigenvalue weighted by Crippen LogP contribution is -2.14. The molecule has 0 aliphatic carbocycles. The van der Waals surface area contributed by atoms with Gasteiger partial charge in [0.15, 0.2) is 0 Å². The molecule has 0 radical (unpaired) electrons. The number of sulfonamides is 1. The molecule has 0 aliphatic heterocycles. The van der Waals surface area contributed by atoms with Crippen molar-refractivity contribution in [2.45, 2.75) is 23.5 Å². The third kappa shape index (κ3) is 4.86. The summed E-state index contributed by atoms with van der Waals surface area (Å²) < 4.78 is 28.1. The summed E-state index contributed by atoms with van der Waals surface area (Å²) in [6.45, 7) is 1.82. The molecule has 0 spiro atoms. The Hall–Kier alpha value is -3.36. The molecule has 0 saturated carbocycles. The first-order chi connectivity index (χ1) is 15.8. The third-order valence-corrected chi connectivity index (χ3v) is 7.32. The standard InChI is InChI=1S/C25H22N2O4S2/c1-2-16-9-13-20(15-21(16)25(28)29)33(30,31)27-19-11-7-18(8-12-19)24(32)23-14-10-17-5-3-4-6-22(17)26-23/h3-15,24,27,32H,2H2,1H3,(H,28,29). The van der Waals surface area contributed by atoms with Gasteiger partial charge in [-0.3, -0.25) is 9.71 Å². The minimum Gasteiger partial charge on any atom is -0.478 e. The smallest absolute Gasteiger partial charge is 0.336 e. The number of aromatic nitrogens is 1. The van der Waals surface area contributed by atoms with E-state index in [1.54, 1.807) is 24.3 Å². The Kier molecular flexibility index (Phi) is 6.40. The SMILES string of the molecule is CCc1ccc(S(=O)(=O)Nc2ccc(C(S)c3ccc4ccccc4n3)cc2)cc1C(=O)O. The van der Waals surface area contributed by atoms with Gasteiger partial charge in [0.05, 0.1) is 26.9 Å². The van der Waals surface area contributed by atoms with Crippen molar-refractivity contribution < 1.29 is 18.3 Å². The molecule has 2 N–H and O–H groups in total. The van der Waals surface area contributed by atoms with Crippen LogP contribution in [0, 0.1) is 0 Å². The van der Waals surface area contributed by atoms with Gasteiger partial charge in [-0.2, -0.15) is 12.6 Å². The van der Waals surface area contributed by atoms with Crippen LogP contribution in [0.15, 0.2) is 83.8 Å². The topological polar surface area (TPSA) is 96.4 Å². The Morgan fingerprint density at radius 2 is 1.76 bits per heavy atom. The minimum atomic E-state index is -3.95. The Labute approximate surface area is 197 Å². The molecule has 168 valence electrons. The van der Waals surface area contributed by atoms with Gasteiger partial charge >= 0.3 is 5.97 Å². The van der Waals surface area contributed by atoms with Crippen molar-refractivity contribution in [3.8, 4) is 0 Å². The molecule has 0 amide bonds. The lowest BCUT2D eigenvalue weighted by Gasteiger charge is -2.14. The second-order valence-corrected chi connectivity index (χ2v) is 9.74. The first-order valence-electron chi connectivity index (χ1n) is 10.3. The summed E-state index contributed by atoms with van der Waals surface area (Å²) in [5.74, 6) is -1.16. The van der Waals surface area contributed by atoms with E-state index in [0.29, 0.717) is 17.7 Å². The van der Waals surface area contributed by atoms with Crippen LogP contribution in [0.25, 0.3) is 10.9 Å². The number of fused-ring (bicyclic) bond motifs is 1. The van der Waals surface area contributed by atoms with Crippen LogP contribution in [0.3, 0.4) is 0 Å². The first-order valence-corrected chi connectivity index (χ1v) is 12.3. The molecule has 4 rings (SSSR count). The van der Waals surface area contributed by atoms with Crippen LogP contribution >= 0.6 is 12.6 Å². The van der Waals surface area contributed by atoms with Gasteiger partial charge in [-0.25, -0.2) is 13.2 Å². The predicted octanol–water partition coefficient (Wildman–Crippen LogP) is 5.32. The molecule has 0 aliphatic rings. The van der Waals surface area contributed by atoms with E-state index in [4.69, 9.17) is 12.6 Å². The van der Waals surface area contributed by atoms with Crippen LogP contribution in [0.1, 0.15) is 39.4 Å². The van der Waals surface area contributed by atoms with Crippen LogP contribution in [0.5, 0.6) is 0 Å². The zero-order chi connectivity index (χ0) is 23.6. The van der Waals surface area contributed by atoms with Crippen molar-refractivity contribution in [3.63, 3.8) is 0 Å². The molecule has 1 heterocycles. The fourth-order valence-electron chi connectivity index (χ4n) is 3.58. The number of pyridine rings is 1. The average molecular weight is 479 g/mol. The number of carbonyl (C=O) groups is 1. The molecule has 4 aromatic rings. The first kappa shape index (κ1) is 22.8. The number of rotatable bonds is 7. The van der Waals surface area contributed by atoms with Gasteiger partial charge < -0.3 is 5.11 Å². The zero-order valence-corrected chi connectivity index (χ0v) is 19.5. The van der Waals surface area contributed by atoms with E-state index in [9.17, 15) is 18.3 Å². The molecular formula is C25H22N2O4S2. The minimum absolute atomic E-state index is 0.0171. The van der Waals surface area contributed by atoms with Gasteiger partial charge in [0, 0.05) is 11.1 Å². The highest BCUT2D eigenvalue weighted by atomic mass is 32.2. The lowest BCUT2D eigenvalue weighted by atomic mass is 10.1. The lowest BCUT2D eigenvalue weighted by molar-refractivity contribution is 0.0695. The Bertz CT molecular complexity index is 1430. The maximum Gasteiger partial charge on any atom is 0.336 e. The molecule has 0 saturated heterocycles. The summed E-state index contributed by atoms with van der Waals surface area (Å²) in [7, 11) is -3.95. The van der Waals surface area contributed by atoms with Gasteiger partial charge in [0.2, 0.25) is 0 Å². The van der Waals surface area contributed by atoms with Crippen molar-refractivity contribution in [1.29, 1.82) is 0 Å². The number of thiol groups is 1. The van der Waals surface area contributed by atoms with Crippen LogP contribution in [0.4, 0.5) is 5.69 Å². The Morgan fingerprint density at radius 1 is 1.03 bits per heavy atom. The number of aromatic carboxylic acids is 1. The molecule has 0 fully saturated rings. The van der Waals surface area contributed by atoms with E-state index in [0.717, 1.165) is 22.2 Å². The summed E-state index contributed by atoms with van der Waals surface area (Å²) in [6.07, 6.45) is 0.494. The molecule has 0 bridgehead atoms. The number of aryl methyl sites for hydroxylation is 1. The average Bonchev–Trinajstić information content (AvgIpc) is 2.83. The van der Waals surface area contributed by atoms with Crippen LogP contribution in [0.2, 0.25) is 0 Å². The molecule has 1 unspecified atom stereocenters. The summed E-state index contributed by atoms with van der Waals surface area (Å²) in [6, 6.07) is 22.8. The summed E-state index contributed by atoms with van der Waals surface area (Å²) in [4.78, 5) is 16.1. The van der Waals surface area contributed by atoms with E-state index in [2.05, 4.69) is 9.71 Å². The van der Waals surface area contributed by atoms with E-state index in [1.807, 2.05) is 43.3 Å². The van der Waals surface area contributed by atoms with Crippen molar-refractivity contribution in [3.05, 3.63) is 101 Å². The van der Waals surface area contributed by atoms with Gasteiger partial charge in [-0.1, -0.05) is 49.4 Å². The number of hydrogen-bond donors (Lipinski definition) is 3. The molecule has 33 heavy (non-hydrogen) atoms. The normalized spacial score (nSPS) is 12.4. The van der Waals surface area contributed by atoms with Gasteiger partial charge in [0.1, 0.15) is 0 Å². The highest BCUT2D eigenvalue weighted by Gasteiger charge is 2.19. The summed E-state index contributed by atoms with van der Waals surface area (Å²) in [5.41, 5.74) is 3.46. The Morgan fingerprint density at radius 3 is 2.45 bits per heavy atom. The maximum atomic E-state index is 12.8. The quantitative estimate of drug-likeness (QED) is 0.313. The van der Waals surface area contributed by atoms with Crippen LogP contribution in [-0.4, -0.2) is 24.5 Å². The number of anilines is 1. The number of para-hydroxylation sites is 1. The second kappa shape index (κ2) is 9.25. The van der Waals surface area contributed by atoms with Crippen molar-refractivity contribution in [2.24, 2.45) is 0 Å². The highest BCUT2D eigenvalue weighted by Crippen LogP contribution is 2.29. The second-order valence-electron chi connectivity index (χ2n) is 7.54. The molecule has 1 aromatic heterocycles. The van der Waals surface area contributed by atoms with E-state index < -0.39 is 16.0 Å². The molecule has 8 heteroatoms. The zero-order valence-electron chi connectivity index (χ0n) is 17.8. The Balaban J connectivity index is 1.55. The number of carboxylic acid groups (broad SMARTS) is 1. The van der Waals surface area contributed by atoms with Gasteiger partial charge in [-0.15, -0.1) is 0 Å². The van der Waals surface area contributed by atoms with E-state index in [-0.39, 0.29) is 15.7 Å². The third-order valence-electron chi connectivity index (χ3n) is 5.38. The number of nitrogens with zero attached hydrogens (tertiary/aromatic N) is 1. The number of carboxylic acids is 1. The van der Waals surface area contributed by atoms with Crippen molar-refractivity contribution >= 4 is 45.2 Å². The predicted molar refractivity (Wildman–Crippen MR) is 133 cm³/mol. The molecular weight excluding hydrogens is 456 g/mol. The number of nitrogens with one attached hydrogen (secondary N) is 1. The molecule has 1 atom stereocenters. The number of hydrogen-bond acceptors (Lipinski definition) is 5. The fraction of sp³-hybridized carbons (Fsp3) is 0.120. The summed E-state index contributed by atoms with van der Waals surface area (Å²) in [5, 5.41) is 10.2. The fourth-order valence-corrected chi connectivity index (χ4v) is 4.98. The van der Waals surface area contributed by atoms with Gasteiger partial charge in [0.25, 0.3) is 10.0 Å². The van der Waals surface area contributed by atoms with Crippen LogP contribution < -0.4 is 4.72 Å². The maximum absolute atomic E-state index is 12.8.